The number of imide groups is 1. The van der Waals surface area contributed by atoms with Crippen LogP contribution in [0.2, 0.25) is 0 Å². The largest absolute Gasteiger partial charge is 0.418 e. The fraction of sp³-hybridized carbons (Fsp3) is 0.385. The molecule has 2 atom stereocenters. The van der Waals surface area contributed by atoms with Gasteiger partial charge in [-0.15, -0.1) is 0 Å². The Bertz CT molecular complexity index is 592. The van der Waals surface area contributed by atoms with E-state index in [1.54, 1.807) is 0 Å². The molecule has 0 bridgehead atoms. The van der Waals surface area contributed by atoms with Gasteiger partial charge in [0.15, 0.2) is 0 Å². The van der Waals surface area contributed by atoms with Crippen LogP contribution in [0.4, 0.5) is 18.9 Å². The summed E-state index contributed by atoms with van der Waals surface area (Å²) in [7, 11) is 0. The lowest BCUT2D eigenvalue weighted by Crippen LogP contribution is -2.34. The Kier molecular flexibility index (Phi) is 2.66. The first-order valence-corrected chi connectivity index (χ1v) is 6.12. The van der Waals surface area contributed by atoms with E-state index in [4.69, 9.17) is 5.73 Å². The lowest BCUT2D eigenvalue weighted by Gasteiger charge is -2.22. The van der Waals surface area contributed by atoms with Crippen LogP contribution in [0.3, 0.4) is 0 Å². The number of amides is 2. The molecular formula is C13H11F3N2O2. The minimum atomic E-state index is -4.64. The first-order chi connectivity index (χ1) is 9.34. The molecule has 1 aliphatic heterocycles. The summed E-state index contributed by atoms with van der Waals surface area (Å²) in [6.07, 6.45) is -4.19. The van der Waals surface area contributed by atoms with Crippen LogP contribution in [0.15, 0.2) is 18.2 Å². The summed E-state index contributed by atoms with van der Waals surface area (Å²) in [4.78, 5) is 24.5. The van der Waals surface area contributed by atoms with Gasteiger partial charge >= 0.3 is 6.18 Å². The predicted molar refractivity (Wildman–Crippen MR) is 63.4 cm³/mol. The zero-order valence-corrected chi connectivity index (χ0v) is 10.3. The van der Waals surface area contributed by atoms with Crippen molar-refractivity contribution in [3.8, 4) is 0 Å². The van der Waals surface area contributed by atoms with E-state index in [0.717, 1.165) is 12.1 Å². The van der Waals surface area contributed by atoms with Crippen molar-refractivity contribution in [2.24, 2.45) is 17.6 Å². The van der Waals surface area contributed by atoms with Crippen molar-refractivity contribution in [3.05, 3.63) is 29.3 Å². The Morgan fingerprint density at radius 1 is 1.20 bits per heavy atom. The molecular weight excluding hydrogens is 273 g/mol. The summed E-state index contributed by atoms with van der Waals surface area (Å²) in [5, 5.41) is 0. The van der Waals surface area contributed by atoms with Gasteiger partial charge in [-0.3, -0.25) is 9.59 Å². The van der Waals surface area contributed by atoms with Gasteiger partial charge in [0.05, 0.1) is 23.1 Å². The van der Waals surface area contributed by atoms with Crippen LogP contribution < -0.4 is 10.6 Å². The van der Waals surface area contributed by atoms with Crippen molar-refractivity contribution in [1.82, 2.24) is 0 Å². The summed E-state index contributed by atoms with van der Waals surface area (Å²) in [5.41, 5.74) is 4.24. The number of carbonyl (C=O) groups is 2. The summed E-state index contributed by atoms with van der Waals surface area (Å²) >= 11 is 0. The Balaban J connectivity index is 2.09. The van der Waals surface area contributed by atoms with Gasteiger partial charge in [0.25, 0.3) is 0 Å². The molecule has 106 valence electrons. The van der Waals surface area contributed by atoms with E-state index in [-0.39, 0.29) is 6.54 Å². The van der Waals surface area contributed by atoms with E-state index in [9.17, 15) is 22.8 Å². The van der Waals surface area contributed by atoms with Gasteiger partial charge in [-0.25, -0.2) is 4.90 Å². The number of piperidine rings is 1. The van der Waals surface area contributed by atoms with Crippen LogP contribution in [-0.4, -0.2) is 11.8 Å². The average molecular weight is 284 g/mol. The number of nitrogens with two attached hydrogens (primary N) is 1. The van der Waals surface area contributed by atoms with E-state index in [0.29, 0.717) is 16.9 Å². The quantitative estimate of drug-likeness (QED) is 0.840. The highest BCUT2D eigenvalue weighted by Gasteiger charge is 2.60. The van der Waals surface area contributed by atoms with Crippen LogP contribution in [0.1, 0.15) is 17.5 Å². The lowest BCUT2D eigenvalue weighted by atomic mass is 10.1. The molecule has 1 aromatic carbocycles. The maximum absolute atomic E-state index is 13.1. The molecule has 3 rings (SSSR count). The van der Waals surface area contributed by atoms with Gasteiger partial charge in [0, 0.05) is 6.54 Å². The third-order valence-electron chi connectivity index (χ3n) is 3.71. The molecule has 20 heavy (non-hydrogen) atoms. The van der Waals surface area contributed by atoms with E-state index < -0.39 is 41.1 Å². The van der Waals surface area contributed by atoms with Crippen molar-refractivity contribution >= 4 is 17.5 Å². The first kappa shape index (κ1) is 13.1. The zero-order chi connectivity index (χ0) is 14.7. The highest BCUT2D eigenvalue weighted by Crippen LogP contribution is 2.50. The molecule has 1 heterocycles. The molecule has 1 saturated heterocycles. The van der Waals surface area contributed by atoms with Gasteiger partial charge in [-0.05, 0) is 24.1 Å². The van der Waals surface area contributed by atoms with E-state index >= 15 is 0 Å². The second kappa shape index (κ2) is 4.05. The molecule has 2 aliphatic rings. The number of anilines is 1. The number of carbonyl (C=O) groups excluding carboxylic acids is 2. The molecule has 0 aromatic heterocycles. The van der Waals surface area contributed by atoms with Crippen molar-refractivity contribution < 1.29 is 22.8 Å². The number of fused-ring (bicyclic) bond motifs is 1. The summed E-state index contributed by atoms with van der Waals surface area (Å²) < 4.78 is 39.3. The molecule has 4 nitrogen and oxygen atoms in total. The Labute approximate surface area is 112 Å². The summed E-state index contributed by atoms with van der Waals surface area (Å²) in [5.74, 6) is -1.94. The number of benzene rings is 1. The van der Waals surface area contributed by atoms with Crippen LogP contribution in [0.25, 0.3) is 0 Å². The maximum atomic E-state index is 13.1. The van der Waals surface area contributed by atoms with Gasteiger partial charge in [-0.2, -0.15) is 13.2 Å². The third-order valence-corrected chi connectivity index (χ3v) is 3.71. The van der Waals surface area contributed by atoms with Crippen molar-refractivity contribution in [1.29, 1.82) is 0 Å². The summed E-state index contributed by atoms with van der Waals surface area (Å²) in [6, 6.07) is 3.43. The van der Waals surface area contributed by atoms with Gasteiger partial charge in [0.1, 0.15) is 0 Å². The highest BCUT2D eigenvalue weighted by atomic mass is 19.4. The van der Waals surface area contributed by atoms with Gasteiger partial charge in [-0.1, -0.05) is 6.07 Å². The normalized spacial score (nSPS) is 25.1. The molecule has 0 radical (unpaired) electrons. The standard InChI is InChI=1S/C13H11F3N2O2/c14-13(15,16)9-3-6(5-17)1-2-10(9)18-11(19)7-4-8(7)12(18)20/h1-3,7-8H,4-5,17H2. The topological polar surface area (TPSA) is 63.4 Å². The monoisotopic (exact) mass is 284 g/mol. The maximum Gasteiger partial charge on any atom is 0.418 e. The third kappa shape index (κ3) is 1.81. The summed E-state index contributed by atoms with van der Waals surface area (Å²) in [6.45, 7) is -0.0451. The molecule has 1 aliphatic carbocycles. The molecule has 2 unspecified atom stereocenters. The van der Waals surface area contributed by atoms with Gasteiger partial charge in [0.2, 0.25) is 11.8 Å². The number of alkyl halides is 3. The van der Waals surface area contributed by atoms with Crippen molar-refractivity contribution in [3.63, 3.8) is 0 Å². The van der Waals surface area contributed by atoms with Crippen molar-refractivity contribution in [2.45, 2.75) is 19.1 Å². The van der Waals surface area contributed by atoms with Gasteiger partial charge < -0.3 is 5.73 Å². The molecule has 7 heteroatoms. The SMILES string of the molecule is NCc1ccc(N2C(=O)C3CC3C2=O)c(C(F)(F)F)c1. The minimum Gasteiger partial charge on any atom is -0.326 e. The predicted octanol–water partition coefficient (Wildman–Crippen LogP) is 1.67. The van der Waals surface area contributed by atoms with Crippen LogP contribution in [-0.2, 0) is 22.3 Å². The van der Waals surface area contributed by atoms with Crippen molar-refractivity contribution in [2.75, 3.05) is 4.90 Å². The molecule has 1 aromatic rings. The Morgan fingerprint density at radius 3 is 2.30 bits per heavy atom. The molecule has 0 spiro atoms. The highest BCUT2D eigenvalue weighted by molar-refractivity contribution is 6.25. The Hall–Kier alpha value is -1.89. The number of halogens is 3. The fourth-order valence-corrected chi connectivity index (χ4v) is 2.55. The second-order valence-corrected chi connectivity index (χ2v) is 5.01. The van der Waals surface area contributed by atoms with E-state index in [1.807, 2.05) is 0 Å². The molecule has 2 amide bonds. The molecule has 2 N–H and O–H groups in total. The molecule has 1 saturated carbocycles. The number of rotatable bonds is 2. The zero-order valence-electron chi connectivity index (χ0n) is 10.3. The number of nitrogens with zero attached hydrogens (tertiary/aromatic N) is 1. The first-order valence-electron chi connectivity index (χ1n) is 6.12. The Morgan fingerprint density at radius 2 is 1.80 bits per heavy atom. The van der Waals surface area contributed by atoms with Crippen LogP contribution in [0, 0.1) is 11.8 Å². The molecule has 2 fully saturated rings. The average Bonchev–Trinajstić information content (AvgIpc) is 3.13. The lowest BCUT2D eigenvalue weighted by molar-refractivity contribution is -0.137. The van der Waals surface area contributed by atoms with Crippen LogP contribution >= 0.6 is 0 Å². The van der Waals surface area contributed by atoms with E-state index in [2.05, 4.69) is 0 Å². The second-order valence-electron chi connectivity index (χ2n) is 5.01. The van der Waals surface area contributed by atoms with E-state index in [1.165, 1.54) is 6.07 Å². The fourth-order valence-electron chi connectivity index (χ4n) is 2.55. The number of hydrogen-bond donors (Lipinski definition) is 1. The smallest absolute Gasteiger partial charge is 0.326 e. The minimum absolute atomic E-state index is 0.0451. The number of hydrogen-bond acceptors (Lipinski definition) is 3. The van der Waals surface area contributed by atoms with Crippen LogP contribution in [0.5, 0.6) is 0 Å².